The molecule has 1 fully saturated rings. The maximum atomic E-state index is 12.8. The number of anilines is 1. The maximum Gasteiger partial charge on any atom is 0.260 e. The van der Waals surface area contributed by atoms with Crippen LogP contribution in [-0.2, 0) is 11.2 Å². The molecule has 1 saturated heterocycles. The van der Waals surface area contributed by atoms with Gasteiger partial charge in [-0.2, -0.15) is 0 Å². The molecule has 0 spiro atoms. The van der Waals surface area contributed by atoms with Crippen molar-refractivity contribution in [3.63, 3.8) is 0 Å². The summed E-state index contributed by atoms with van der Waals surface area (Å²) in [4.78, 5) is 26.1. The molecule has 230 valence electrons. The molecular weight excluding hydrogens is 586 g/mol. The van der Waals surface area contributed by atoms with E-state index in [2.05, 4.69) is 34.5 Å². The first-order chi connectivity index (χ1) is 21.9. The van der Waals surface area contributed by atoms with Crippen molar-refractivity contribution >= 4 is 23.2 Å². The molecule has 45 heavy (non-hydrogen) atoms. The van der Waals surface area contributed by atoms with Crippen molar-refractivity contribution in [3.8, 4) is 34.2 Å². The molecule has 0 atom stereocenters. The summed E-state index contributed by atoms with van der Waals surface area (Å²) in [6.07, 6.45) is 6.49. The summed E-state index contributed by atoms with van der Waals surface area (Å²) < 4.78 is 14.0. The lowest BCUT2D eigenvalue weighted by Gasteiger charge is -2.36. The summed E-state index contributed by atoms with van der Waals surface area (Å²) in [5.74, 6) is 3.55. The van der Waals surface area contributed by atoms with E-state index < -0.39 is 0 Å². The Labute approximate surface area is 268 Å². The van der Waals surface area contributed by atoms with Crippen LogP contribution in [0.2, 0.25) is 5.02 Å². The van der Waals surface area contributed by atoms with Crippen LogP contribution in [0.3, 0.4) is 0 Å². The molecule has 1 aliphatic rings. The normalized spacial score (nSPS) is 13.2. The number of hydrogen-bond acceptors (Lipinski definition) is 6. The van der Waals surface area contributed by atoms with Crippen LogP contribution in [0.1, 0.15) is 19.7 Å². The molecule has 0 aliphatic carbocycles. The molecule has 9 heteroatoms. The molecule has 0 bridgehead atoms. The first-order valence-corrected chi connectivity index (χ1v) is 15.6. The van der Waals surface area contributed by atoms with Crippen molar-refractivity contribution in [2.75, 3.05) is 37.7 Å². The number of benzene rings is 3. The van der Waals surface area contributed by atoms with Gasteiger partial charge in [0.1, 0.15) is 23.1 Å². The van der Waals surface area contributed by atoms with Gasteiger partial charge in [0.15, 0.2) is 6.61 Å². The number of amides is 1. The van der Waals surface area contributed by atoms with Crippen LogP contribution in [0.25, 0.3) is 16.9 Å². The summed E-state index contributed by atoms with van der Waals surface area (Å²) in [6.45, 7) is 7.31. The Hall–Kier alpha value is -4.82. The molecule has 3 aromatic carbocycles. The summed E-state index contributed by atoms with van der Waals surface area (Å²) in [7, 11) is 0. The number of carbonyl (C=O) groups is 1. The quantitative estimate of drug-likeness (QED) is 0.163. The highest BCUT2D eigenvalue weighted by atomic mass is 35.5. The number of aromatic nitrogens is 3. The number of ether oxygens (including phenoxy) is 2. The molecule has 3 heterocycles. The predicted molar refractivity (Wildman–Crippen MR) is 178 cm³/mol. The molecule has 0 N–H and O–H groups in total. The molecule has 8 nitrogen and oxygen atoms in total. The molecule has 1 aliphatic heterocycles. The lowest BCUT2D eigenvalue weighted by atomic mass is 10.1. The van der Waals surface area contributed by atoms with Gasteiger partial charge < -0.3 is 23.8 Å². The Bertz CT molecular complexity index is 1700. The second-order valence-corrected chi connectivity index (χ2v) is 11.9. The van der Waals surface area contributed by atoms with Crippen LogP contribution < -0.4 is 14.4 Å². The first-order valence-electron chi connectivity index (χ1n) is 15.2. The Morgan fingerprint density at radius 3 is 2.07 bits per heavy atom. The molecule has 6 rings (SSSR count). The fourth-order valence-electron chi connectivity index (χ4n) is 5.33. The van der Waals surface area contributed by atoms with Crippen molar-refractivity contribution in [2.24, 2.45) is 5.92 Å². The summed E-state index contributed by atoms with van der Waals surface area (Å²) in [5, 5.41) is 0.672. The van der Waals surface area contributed by atoms with Crippen molar-refractivity contribution < 1.29 is 14.3 Å². The van der Waals surface area contributed by atoms with Crippen LogP contribution >= 0.6 is 11.6 Å². The van der Waals surface area contributed by atoms with Crippen LogP contribution in [0.15, 0.2) is 104 Å². The zero-order chi connectivity index (χ0) is 31.2. The highest BCUT2D eigenvalue weighted by molar-refractivity contribution is 6.30. The fourth-order valence-corrected chi connectivity index (χ4v) is 5.46. The number of nitrogens with zero attached hydrogens (tertiary/aromatic N) is 5. The Balaban J connectivity index is 1.08. The van der Waals surface area contributed by atoms with Gasteiger partial charge in [-0.25, -0.2) is 4.98 Å². The van der Waals surface area contributed by atoms with E-state index >= 15 is 0 Å². The largest absolute Gasteiger partial charge is 0.484 e. The number of imidazole rings is 1. The van der Waals surface area contributed by atoms with Crippen LogP contribution in [-0.4, -0.2) is 58.1 Å². The Morgan fingerprint density at radius 2 is 1.42 bits per heavy atom. The second kappa shape index (κ2) is 13.9. The maximum absolute atomic E-state index is 12.8. The smallest absolute Gasteiger partial charge is 0.260 e. The van der Waals surface area contributed by atoms with E-state index in [0.29, 0.717) is 29.8 Å². The zero-order valence-electron chi connectivity index (χ0n) is 25.5. The predicted octanol–water partition coefficient (Wildman–Crippen LogP) is 7.31. The minimum atomic E-state index is -0.00453. The van der Waals surface area contributed by atoms with Crippen LogP contribution in [0, 0.1) is 5.92 Å². The highest BCUT2D eigenvalue weighted by Gasteiger charge is 2.22. The molecule has 5 aromatic rings. The monoisotopic (exact) mass is 621 g/mol. The number of pyridine rings is 1. The van der Waals surface area contributed by atoms with Gasteiger partial charge in [0.05, 0.1) is 5.69 Å². The third-order valence-corrected chi connectivity index (χ3v) is 7.96. The van der Waals surface area contributed by atoms with Crippen molar-refractivity contribution in [2.45, 2.75) is 20.3 Å². The number of rotatable bonds is 10. The molecule has 0 unspecified atom stereocenters. The summed E-state index contributed by atoms with van der Waals surface area (Å²) in [5.41, 5.74) is 3.99. The van der Waals surface area contributed by atoms with Gasteiger partial charge in [-0.3, -0.25) is 9.78 Å². The number of carbonyl (C=O) groups excluding carboxylic acids is 1. The topological polar surface area (TPSA) is 72.7 Å². The Morgan fingerprint density at radius 1 is 0.800 bits per heavy atom. The van der Waals surface area contributed by atoms with Gasteiger partial charge in [-0.15, -0.1) is 0 Å². The van der Waals surface area contributed by atoms with Crippen molar-refractivity contribution in [1.82, 2.24) is 19.4 Å². The average Bonchev–Trinajstić information content (AvgIpc) is 3.48. The second-order valence-electron chi connectivity index (χ2n) is 11.4. The Kier molecular flexibility index (Phi) is 9.31. The minimum Gasteiger partial charge on any atom is -0.484 e. The SMILES string of the molecule is CC(C)Cc1nc(-c2ccc(OCC(=O)N3CCN(c4ccncc4)CC3)cc2)cn1-c1ccc(Oc2ccc(Cl)cc2)cc1. The molecule has 0 radical (unpaired) electrons. The van der Waals surface area contributed by atoms with E-state index in [1.54, 1.807) is 12.4 Å². The van der Waals surface area contributed by atoms with E-state index in [1.165, 1.54) is 0 Å². The summed E-state index contributed by atoms with van der Waals surface area (Å²) in [6, 6.07) is 27.1. The third kappa shape index (κ3) is 7.64. The van der Waals surface area contributed by atoms with Gasteiger partial charge >= 0.3 is 0 Å². The lowest BCUT2D eigenvalue weighted by molar-refractivity contribution is -0.133. The molecule has 1 amide bonds. The zero-order valence-corrected chi connectivity index (χ0v) is 26.2. The third-order valence-electron chi connectivity index (χ3n) is 7.71. The van der Waals surface area contributed by atoms with E-state index in [0.717, 1.165) is 59.5 Å². The van der Waals surface area contributed by atoms with Gasteiger partial charge in [-0.1, -0.05) is 25.4 Å². The van der Waals surface area contributed by atoms with E-state index in [1.807, 2.05) is 89.8 Å². The van der Waals surface area contributed by atoms with Crippen LogP contribution in [0.5, 0.6) is 17.2 Å². The van der Waals surface area contributed by atoms with Crippen molar-refractivity contribution in [3.05, 3.63) is 114 Å². The van der Waals surface area contributed by atoms with Crippen molar-refractivity contribution in [1.29, 1.82) is 0 Å². The number of halogens is 1. The number of piperazine rings is 1. The molecule has 0 saturated carbocycles. The van der Waals surface area contributed by atoms with Gasteiger partial charge in [-0.05, 0) is 90.8 Å². The van der Waals surface area contributed by atoms with E-state index in [9.17, 15) is 4.79 Å². The van der Waals surface area contributed by atoms with Gasteiger partial charge in [0, 0.05) is 73.2 Å². The van der Waals surface area contributed by atoms with Gasteiger partial charge in [0.2, 0.25) is 0 Å². The highest BCUT2D eigenvalue weighted by Crippen LogP contribution is 2.28. The van der Waals surface area contributed by atoms with E-state index in [4.69, 9.17) is 26.1 Å². The average molecular weight is 622 g/mol. The van der Waals surface area contributed by atoms with Crippen LogP contribution in [0.4, 0.5) is 5.69 Å². The lowest BCUT2D eigenvalue weighted by Crippen LogP contribution is -2.50. The number of hydrogen-bond donors (Lipinski definition) is 0. The summed E-state index contributed by atoms with van der Waals surface area (Å²) >= 11 is 5.99. The fraction of sp³-hybridized carbons (Fsp3) is 0.250. The minimum absolute atomic E-state index is 0.00453. The van der Waals surface area contributed by atoms with Gasteiger partial charge in [0.25, 0.3) is 5.91 Å². The standard InChI is InChI=1S/C36H36ClN5O3/c1-26(2)23-35-39-34(24-42(35)30-7-13-33(14-8-30)45-32-11-5-28(37)6-12-32)27-3-9-31(10-4-27)44-25-36(43)41-21-19-40(20-22-41)29-15-17-38-18-16-29/h3-18,24,26H,19-23,25H2,1-2H3. The first kappa shape index (κ1) is 30.2. The van der Waals surface area contributed by atoms with E-state index in [-0.39, 0.29) is 12.5 Å². The molecular formula is C36H36ClN5O3. The molecule has 2 aromatic heterocycles.